The zero-order chi connectivity index (χ0) is 32.4. The van der Waals surface area contributed by atoms with Crippen LogP contribution in [0.3, 0.4) is 0 Å². The zero-order valence-corrected chi connectivity index (χ0v) is 22.9. The normalized spacial score (nSPS) is 10.8. The van der Waals surface area contributed by atoms with E-state index in [1.807, 2.05) is 0 Å². The number of carboxylic acid groups (broad SMARTS) is 4. The third-order valence-corrected chi connectivity index (χ3v) is 6.39. The molecule has 17 nitrogen and oxygen atoms in total. The lowest BCUT2D eigenvalue weighted by atomic mass is 10.1. The SMILES string of the molecule is CCNC(=O)c1cc(-c2cn(-c3ccc(C(=O)O)c(C(=O)O)c3)nn2)nc(-c2cn(-c3ccc(C(=O)O)c(C(=O)O)c3)nn2)c1. The molecule has 5 aromatic rings. The highest BCUT2D eigenvalue weighted by Crippen LogP contribution is 2.25. The molecule has 0 saturated carbocycles. The summed E-state index contributed by atoms with van der Waals surface area (Å²) in [7, 11) is 0. The van der Waals surface area contributed by atoms with Gasteiger partial charge >= 0.3 is 23.9 Å². The smallest absolute Gasteiger partial charge is 0.336 e. The lowest BCUT2D eigenvalue weighted by Gasteiger charge is -2.07. The summed E-state index contributed by atoms with van der Waals surface area (Å²) >= 11 is 0. The van der Waals surface area contributed by atoms with Crippen LogP contribution in [0.1, 0.15) is 58.7 Å². The van der Waals surface area contributed by atoms with Gasteiger partial charge in [-0.15, -0.1) is 10.2 Å². The Kier molecular flexibility index (Phi) is 7.81. The van der Waals surface area contributed by atoms with Gasteiger partial charge in [-0.25, -0.2) is 33.5 Å². The van der Waals surface area contributed by atoms with Gasteiger partial charge in [0.05, 0.1) is 57.4 Å². The molecule has 0 atom stereocenters. The maximum absolute atomic E-state index is 12.8. The van der Waals surface area contributed by atoms with Gasteiger partial charge in [0.25, 0.3) is 5.91 Å². The van der Waals surface area contributed by atoms with E-state index in [9.17, 15) is 44.4 Å². The first kappa shape index (κ1) is 29.7. The van der Waals surface area contributed by atoms with Crippen molar-refractivity contribution in [2.75, 3.05) is 6.54 Å². The number of nitrogens with one attached hydrogen (secondary N) is 1. The van der Waals surface area contributed by atoms with Crippen LogP contribution in [0.25, 0.3) is 34.2 Å². The van der Waals surface area contributed by atoms with Crippen molar-refractivity contribution in [3.05, 3.63) is 88.7 Å². The summed E-state index contributed by atoms with van der Waals surface area (Å²) in [6, 6.07) is 10.1. The molecule has 2 aromatic carbocycles. The van der Waals surface area contributed by atoms with Gasteiger partial charge in [0.2, 0.25) is 0 Å². The van der Waals surface area contributed by atoms with Crippen LogP contribution >= 0.6 is 0 Å². The molecule has 0 aliphatic heterocycles. The van der Waals surface area contributed by atoms with E-state index in [0.717, 1.165) is 24.3 Å². The number of aromatic nitrogens is 7. The summed E-state index contributed by atoms with van der Waals surface area (Å²) in [4.78, 5) is 63.4. The number of carbonyl (C=O) groups excluding carboxylic acids is 1. The average molecular weight is 613 g/mol. The Hall–Kier alpha value is -6.78. The first-order valence-corrected chi connectivity index (χ1v) is 12.8. The fraction of sp³-hybridized carbons (Fsp3) is 0.0714. The average Bonchev–Trinajstić information content (AvgIpc) is 3.71. The lowest BCUT2D eigenvalue weighted by molar-refractivity contribution is 0.0651. The van der Waals surface area contributed by atoms with E-state index in [4.69, 9.17) is 0 Å². The van der Waals surface area contributed by atoms with Gasteiger partial charge in [-0.05, 0) is 55.5 Å². The molecular formula is C28H20N8O9. The summed E-state index contributed by atoms with van der Waals surface area (Å²) in [5, 5.41) is 56.4. The molecule has 0 saturated heterocycles. The fourth-order valence-corrected chi connectivity index (χ4v) is 4.28. The van der Waals surface area contributed by atoms with Crippen LogP contribution in [0, 0.1) is 0 Å². The van der Waals surface area contributed by atoms with Crippen LogP contribution in [-0.4, -0.2) is 91.7 Å². The maximum atomic E-state index is 12.8. The van der Waals surface area contributed by atoms with Gasteiger partial charge in [0, 0.05) is 12.1 Å². The van der Waals surface area contributed by atoms with Gasteiger partial charge in [-0.2, -0.15) is 0 Å². The summed E-state index contributed by atoms with van der Waals surface area (Å²) in [6.07, 6.45) is 2.81. The van der Waals surface area contributed by atoms with Crippen molar-refractivity contribution in [2.24, 2.45) is 0 Å². The maximum Gasteiger partial charge on any atom is 0.336 e. The molecule has 0 aliphatic carbocycles. The van der Waals surface area contributed by atoms with Crippen molar-refractivity contribution >= 4 is 29.8 Å². The van der Waals surface area contributed by atoms with Gasteiger partial charge in [-0.1, -0.05) is 10.4 Å². The van der Waals surface area contributed by atoms with E-state index in [2.05, 4.69) is 30.9 Å². The molecule has 0 spiro atoms. The second kappa shape index (κ2) is 11.8. The van der Waals surface area contributed by atoms with Crippen LogP contribution in [0.4, 0.5) is 0 Å². The fourth-order valence-electron chi connectivity index (χ4n) is 4.28. The molecule has 0 fully saturated rings. The molecular weight excluding hydrogens is 592 g/mol. The predicted molar refractivity (Wildman–Crippen MR) is 151 cm³/mol. The number of hydrogen-bond donors (Lipinski definition) is 5. The highest BCUT2D eigenvalue weighted by Gasteiger charge is 2.21. The minimum Gasteiger partial charge on any atom is -0.478 e. The molecule has 3 heterocycles. The molecule has 17 heteroatoms. The monoisotopic (exact) mass is 612 g/mol. The Morgan fingerprint density at radius 1 is 0.622 bits per heavy atom. The topological polar surface area (TPSA) is 253 Å². The third kappa shape index (κ3) is 5.93. The van der Waals surface area contributed by atoms with Gasteiger partial charge in [-0.3, -0.25) is 4.79 Å². The minimum atomic E-state index is -1.44. The number of pyridine rings is 1. The van der Waals surface area contributed by atoms with Crippen molar-refractivity contribution in [1.82, 2.24) is 40.3 Å². The standard InChI is InChI=1S/C28H20N8O9/c1-2-29-24(37)13-7-20(22-11-35(33-31-22)14-3-5-16(25(38)39)18(9-14)27(42)43)30-21(8-13)23-12-36(34-32-23)15-4-6-17(26(40)41)19(10-15)28(44)45/h3-12H,2H2,1H3,(H,29,37)(H,38,39)(H,40,41)(H,42,43)(H,44,45). The van der Waals surface area contributed by atoms with Crippen LogP contribution in [0.5, 0.6) is 0 Å². The molecule has 5 rings (SSSR count). The molecule has 5 N–H and O–H groups in total. The minimum absolute atomic E-state index is 0.171. The van der Waals surface area contributed by atoms with E-state index in [0.29, 0.717) is 6.54 Å². The van der Waals surface area contributed by atoms with Crippen molar-refractivity contribution in [1.29, 1.82) is 0 Å². The molecule has 3 aromatic heterocycles. The van der Waals surface area contributed by atoms with Crippen LogP contribution < -0.4 is 5.32 Å². The van der Waals surface area contributed by atoms with Crippen LogP contribution in [0.15, 0.2) is 60.9 Å². The molecule has 0 unspecified atom stereocenters. The van der Waals surface area contributed by atoms with Gasteiger partial charge in [0.15, 0.2) is 0 Å². The predicted octanol–water partition coefficient (Wildman–Crippen LogP) is 2.12. The van der Waals surface area contributed by atoms with Crippen molar-refractivity contribution in [2.45, 2.75) is 6.92 Å². The van der Waals surface area contributed by atoms with Gasteiger partial charge < -0.3 is 25.7 Å². The number of rotatable bonds is 10. The van der Waals surface area contributed by atoms with E-state index >= 15 is 0 Å². The van der Waals surface area contributed by atoms with Crippen molar-refractivity contribution in [3.63, 3.8) is 0 Å². The number of nitrogens with zero attached hydrogens (tertiary/aromatic N) is 7. The Morgan fingerprint density at radius 3 is 1.42 bits per heavy atom. The molecule has 0 bridgehead atoms. The summed E-state index contributed by atoms with van der Waals surface area (Å²) in [5.74, 6) is -6.14. The van der Waals surface area contributed by atoms with Gasteiger partial charge in [0.1, 0.15) is 11.4 Å². The second-order valence-corrected chi connectivity index (χ2v) is 9.26. The largest absolute Gasteiger partial charge is 0.478 e. The summed E-state index contributed by atoms with van der Waals surface area (Å²) in [5.41, 5.74) is -0.438. The van der Waals surface area contributed by atoms with Crippen LogP contribution in [-0.2, 0) is 0 Å². The van der Waals surface area contributed by atoms with E-state index in [1.54, 1.807) is 6.92 Å². The Balaban J connectivity index is 1.55. The molecule has 1 amide bonds. The summed E-state index contributed by atoms with van der Waals surface area (Å²) < 4.78 is 2.43. The molecule has 226 valence electrons. The Bertz CT molecular complexity index is 1900. The number of aromatic carboxylic acids is 4. The number of benzene rings is 2. The lowest BCUT2D eigenvalue weighted by Crippen LogP contribution is -2.22. The van der Waals surface area contributed by atoms with Crippen LogP contribution in [0.2, 0.25) is 0 Å². The first-order chi connectivity index (χ1) is 21.5. The Morgan fingerprint density at radius 2 is 1.04 bits per heavy atom. The van der Waals surface area contributed by atoms with E-state index in [-0.39, 0.29) is 39.7 Å². The number of hydrogen-bond acceptors (Lipinski definition) is 10. The van der Waals surface area contributed by atoms with Crippen molar-refractivity contribution in [3.8, 4) is 34.2 Å². The number of amides is 1. The second-order valence-electron chi connectivity index (χ2n) is 9.26. The zero-order valence-electron chi connectivity index (χ0n) is 22.9. The van der Waals surface area contributed by atoms with E-state index in [1.165, 1.54) is 46.0 Å². The molecule has 0 aliphatic rings. The number of carbonyl (C=O) groups is 5. The Labute approximate surface area is 251 Å². The quantitative estimate of drug-likeness (QED) is 0.151. The van der Waals surface area contributed by atoms with Crippen molar-refractivity contribution < 1.29 is 44.4 Å². The summed E-state index contributed by atoms with van der Waals surface area (Å²) in [6.45, 7) is 2.06. The molecule has 45 heavy (non-hydrogen) atoms. The third-order valence-electron chi connectivity index (χ3n) is 6.39. The van der Waals surface area contributed by atoms with E-state index < -0.39 is 52.0 Å². The number of carboxylic acids is 4. The highest BCUT2D eigenvalue weighted by atomic mass is 16.4. The highest BCUT2D eigenvalue weighted by molar-refractivity contribution is 6.03. The molecule has 0 radical (unpaired) electrons. The first-order valence-electron chi connectivity index (χ1n) is 12.8.